The summed E-state index contributed by atoms with van der Waals surface area (Å²) in [4.78, 5) is 21.7. The fourth-order valence-corrected chi connectivity index (χ4v) is 3.65. The summed E-state index contributed by atoms with van der Waals surface area (Å²) in [5.74, 6) is -0.741. The molecule has 140 valence electrons. The van der Waals surface area contributed by atoms with E-state index in [0.29, 0.717) is 0 Å². The van der Waals surface area contributed by atoms with Gasteiger partial charge in [-0.1, -0.05) is 11.6 Å². The summed E-state index contributed by atoms with van der Waals surface area (Å²) in [6, 6.07) is 2.03. The molecule has 9 nitrogen and oxygen atoms in total. The van der Waals surface area contributed by atoms with Crippen LogP contribution in [0.25, 0.3) is 0 Å². The van der Waals surface area contributed by atoms with E-state index in [1.165, 1.54) is 14.0 Å². The van der Waals surface area contributed by atoms with Crippen molar-refractivity contribution < 1.29 is 27.6 Å². The standard InChI is InChI=1S/C14H19ClN2O7S/c1-4-24-14(18)9-16(5-6-23-3)25(21,22)11-7-12(15)10(2)13(8-11)17(19)20/h7-8H,4-6,9H2,1-3H3. The average molecular weight is 395 g/mol. The normalized spacial score (nSPS) is 11.6. The van der Waals surface area contributed by atoms with E-state index in [4.69, 9.17) is 21.1 Å². The third kappa shape index (κ3) is 5.36. The Morgan fingerprint density at radius 2 is 2.04 bits per heavy atom. The number of nitrogens with zero attached hydrogens (tertiary/aromatic N) is 2. The highest BCUT2D eigenvalue weighted by atomic mass is 35.5. The maximum absolute atomic E-state index is 12.8. The van der Waals surface area contributed by atoms with Crippen molar-refractivity contribution in [1.29, 1.82) is 0 Å². The second-order valence-corrected chi connectivity index (χ2v) is 7.29. The highest BCUT2D eigenvalue weighted by Gasteiger charge is 2.30. The molecule has 0 radical (unpaired) electrons. The molecule has 1 rings (SSSR count). The van der Waals surface area contributed by atoms with Crippen LogP contribution in [-0.2, 0) is 24.3 Å². The van der Waals surface area contributed by atoms with Crippen LogP contribution in [0.2, 0.25) is 5.02 Å². The van der Waals surface area contributed by atoms with Gasteiger partial charge in [0.25, 0.3) is 5.69 Å². The Morgan fingerprint density at radius 3 is 2.56 bits per heavy atom. The number of halogens is 1. The van der Waals surface area contributed by atoms with E-state index < -0.39 is 33.1 Å². The minimum Gasteiger partial charge on any atom is -0.465 e. The lowest BCUT2D eigenvalue weighted by atomic mass is 10.2. The molecule has 0 N–H and O–H groups in total. The summed E-state index contributed by atoms with van der Waals surface area (Å²) in [5.41, 5.74) is -0.270. The van der Waals surface area contributed by atoms with Crippen molar-refractivity contribution in [2.24, 2.45) is 0 Å². The average Bonchev–Trinajstić information content (AvgIpc) is 2.53. The van der Waals surface area contributed by atoms with Crippen molar-refractivity contribution in [3.05, 3.63) is 32.8 Å². The molecule has 1 aromatic carbocycles. The monoisotopic (exact) mass is 394 g/mol. The largest absolute Gasteiger partial charge is 0.465 e. The van der Waals surface area contributed by atoms with Gasteiger partial charge in [-0.05, 0) is 19.9 Å². The van der Waals surface area contributed by atoms with E-state index in [0.717, 1.165) is 16.4 Å². The van der Waals surface area contributed by atoms with Crippen molar-refractivity contribution in [3.63, 3.8) is 0 Å². The van der Waals surface area contributed by atoms with Crippen molar-refractivity contribution in [2.45, 2.75) is 18.7 Å². The van der Waals surface area contributed by atoms with Gasteiger partial charge in [-0.15, -0.1) is 0 Å². The molecule has 0 saturated heterocycles. The smallest absolute Gasteiger partial charge is 0.321 e. The third-order valence-corrected chi connectivity index (χ3v) is 5.50. The van der Waals surface area contributed by atoms with E-state index in [9.17, 15) is 23.3 Å². The number of sulfonamides is 1. The molecule has 0 aromatic heterocycles. The van der Waals surface area contributed by atoms with Gasteiger partial charge < -0.3 is 9.47 Å². The number of esters is 1. The van der Waals surface area contributed by atoms with Crippen LogP contribution in [-0.4, -0.2) is 57.0 Å². The van der Waals surface area contributed by atoms with E-state index in [1.807, 2.05) is 0 Å². The van der Waals surface area contributed by atoms with Crippen LogP contribution < -0.4 is 0 Å². The Bertz CT molecular complexity index is 752. The summed E-state index contributed by atoms with van der Waals surface area (Å²) in [6.07, 6.45) is 0. The number of carbonyl (C=O) groups is 1. The summed E-state index contributed by atoms with van der Waals surface area (Å²) < 4.78 is 36.1. The van der Waals surface area contributed by atoms with E-state index in [-0.39, 0.29) is 35.2 Å². The van der Waals surface area contributed by atoms with Gasteiger partial charge in [0.1, 0.15) is 6.54 Å². The summed E-state index contributed by atoms with van der Waals surface area (Å²) in [5, 5.41) is 11.0. The SMILES string of the molecule is CCOC(=O)CN(CCOC)S(=O)(=O)c1cc(Cl)c(C)c([N+](=O)[O-])c1. The van der Waals surface area contributed by atoms with Gasteiger partial charge in [0.15, 0.2) is 0 Å². The van der Waals surface area contributed by atoms with Gasteiger partial charge >= 0.3 is 5.97 Å². The van der Waals surface area contributed by atoms with Crippen LogP contribution in [0.1, 0.15) is 12.5 Å². The maximum atomic E-state index is 12.8. The number of hydrogen-bond donors (Lipinski definition) is 0. The van der Waals surface area contributed by atoms with Crippen LogP contribution in [0.3, 0.4) is 0 Å². The number of ether oxygens (including phenoxy) is 2. The Balaban J connectivity index is 3.33. The molecule has 0 heterocycles. The van der Waals surface area contributed by atoms with Gasteiger partial charge in [0, 0.05) is 25.3 Å². The number of nitro benzene ring substituents is 1. The van der Waals surface area contributed by atoms with Gasteiger partial charge in [-0.3, -0.25) is 14.9 Å². The molecule has 0 fully saturated rings. The number of hydrogen-bond acceptors (Lipinski definition) is 7. The molecule has 25 heavy (non-hydrogen) atoms. The number of rotatable bonds is 9. The third-order valence-electron chi connectivity index (χ3n) is 3.28. The maximum Gasteiger partial charge on any atom is 0.321 e. The molecule has 1 aromatic rings. The second-order valence-electron chi connectivity index (χ2n) is 4.94. The van der Waals surface area contributed by atoms with Crippen LogP contribution in [0, 0.1) is 17.0 Å². The number of carbonyl (C=O) groups excluding carboxylic acids is 1. The van der Waals surface area contributed by atoms with Crippen molar-refractivity contribution >= 4 is 33.3 Å². The topological polar surface area (TPSA) is 116 Å². The first kappa shape index (κ1) is 21.3. The van der Waals surface area contributed by atoms with E-state index in [1.54, 1.807) is 6.92 Å². The second kappa shape index (κ2) is 9.09. The molecule has 0 atom stereocenters. The zero-order chi connectivity index (χ0) is 19.2. The Hall–Kier alpha value is -1.75. The van der Waals surface area contributed by atoms with Crippen molar-refractivity contribution in [3.8, 4) is 0 Å². The minimum atomic E-state index is -4.22. The number of nitro groups is 1. The van der Waals surface area contributed by atoms with Crippen LogP contribution >= 0.6 is 11.6 Å². The highest BCUT2D eigenvalue weighted by molar-refractivity contribution is 7.89. The molecule has 0 aliphatic heterocycles. The molecule has 0 bridgehead atoms. The first-order chi connectivity index (χ1) is 11.6. The predicted molar refractivity (Wildman–Crippen MR) is 90.1 cm³/mol. The zero-order valence-electron chi connectivity index (χ0n) is 14.0. The predicted octanol–water partition coefficient (Wildman–Crippen LogP) is 1.76. The van der Waals surface area contributed by atoms with Gasteiger partial charge in [0.2, 0.25) is 10.0 Å². The molecule has 0 amide bonds. The number of methoxy groups -OCH3 is 1. The molecular weight excluding hydrogens is 376 g/mol. The number of benzene rings is 1. The van der Waals surface area contributed by atoms with Gasteiger partial charge in [0.05, 0.1) is 28.1 Å². The quantitative estimate of drug-likeness (QED) is 0.356. The first-order valence-electron chi connectivity index (χ1n) is 7.24. The molecule has 0 spiro atoms. The summed E-state index contributed by atoms with van der Waals surface area (Å²) in [7, 11) is -2.84. The Morgan fingerprint density at radius 1 is 1.40 bits per heavy atom. The first-order valence-corrected chi connectivity index (χ1v) is 9.06. The zero-order valence-corrected chi connectivity index (χ0v) is 15.6. The molecular formula is C14H19ClN2O7S. The fraction of sp³-hybridized carbons (Fsp3) is 0.500. The highest BCUT2D eigenvalue weighted by Crippen LogP contribution is 2.30. The van der Waals surface area contributed by atoms with E-state index in [2.05, 4.69) is 0 Å². The lowest BCUT2D eigenvalue weighted by Gasteiger charge is -2.21. The molecule has 11 heteroatoms. The molecule has 0 aliphatic rings. The molecule has 0 saturated carbocycles. The van der Waals surface area contributed by atoms with Crippen molar-refractivity contribution in [1.82, 2.24) is 4.31 Å². The Labute approximate surface area is 150 Å². The lowest BCUT2D eigenvalue weighted by Crippen LogP contribution is -2.38. The van der Waals surface area contributed by atoms with E-state index >= 15 is 0 Å². The summed E-state index contributed by atoms with van der Waals surface area (Å²) in [6.45, 7) is 2.46. The summed E-state index contributed by atoms with van der Waals surface area (Å²) >= 11 is 5.93. The van der Waals surface area contributed by atoms with Gasteiger partial charge in [-0.2, -0.15) is 4.31 Å². The van der Waals surface area contributed by atoms with Gasteiger partial charge in [-0.25, -0.2) is 8.42 Å². The van der Waals surface area contributed by atoms with Crippen molar-refractivity contribution in [2.75, 3.05) is 33.4 Å². The molecule has 0 aliphatic carbocycles. The molecule has 0 unspecified atom stereocenters. The lowest BCUT2D eigenvalue weighted by molar-refractivity contribution is -0.385. The van der Waals surface area contributed by atoms with Crippen LogP contribution in [0.5, 0.6) is 0 Å². The van der Waals surface area contributed by atoms with Crippen LogP contribution in [0.4, 0.5) is 5.69 Å². The Kier molecular flexibility index (Phi) is 7.74. The minimum absolute atomic E-state index is 0.0281. The fourth-order valence-electron chi connectivity index (χ4n) is 1.96. The van der Waals surface area contributed by atoms with Crippen LogP contribution in [0.15, 0.2) is 17.0 Å².